The van der Waals surface area contributed by atoms with Crippen molar-refractivity contribution in [3.05, 3.63) is 54.2 Å². The molecule has 0 saturated carbocycles. The molecule has 2 heterocycles. The first kappa shape index (κ1) is 19.7. The Kier molecular flexibility index (Phi) is 7.12. The number of thioether (sulfide) groups is 1. The number of hydrogen-bond donors (Lipinski definition) is 1. The van der Waals surface area contributed by atoms with Gasteiger partial charge in [0.15, 0.2) is 0 Å². The van der Waals surface area contributed by atoms with Crippen LogP contribution >= 0.6 is 11.8 Å². The van der Waals surface area contributed by atoms with Gasteiger partial charge in [0, 0.05) is 50.4 Å². The summed E-state index contributed by atoms with van der Waals surface area (Å²) in [6, 6.07) is 14.0. The molecule has 1 aromatic heterocycles. The van der Waals surface area contributed by atoms with Crippen molar-refractivity contribution in [3.8, 4) is 0 Å². The third-order valence-electron chi connectivity index (χ3n) is 4.49. The van der Waals surface area contributed by atoms with Gasteiger partial charge in [-0.1, -0.05) is 32.0 Å². The van der Waals surface area contributed by atoms with Crippen molar-refractivity contribution in [2.75, 3.05) is 38.0 Å². The predicted octanol–water partition coefficient (Wildman–Crippen LogP) is 4.18. The molecular formula is C21H28N4OS. The number of carbonyl (C=O) groups excluding carboxylic acids is 1. The number of rotatable bonds is 6. The normalized spacial score (nSPS) is 15.1. The topological polar surface area (TPSA) is 48.5 Å². The van der Waals surface area contributed by atoms with Crippen molar-refractivity contribution in [2.45, 2.75) is 24.6 Å². The number of aromatic nitrogens is 1. The van der Waals surface area contributed by atoms with Crippen molar-refractivity contribution in [1.29, 1.82) is 0 Å². The lowest BCUT2D eigenvalue weighted by Crippen LogP contribution is -2.50. The maximum absolute atomic E-state index is 12.6. The summed E-state index contributed by atoms with van der Waals surface area (Å²) in [4.78, 5) is 21.2. The molecule has 144 valence electrons. The average Bonchev–Trinajstić information content (AvgIpc) is 2.67. The molecule has 5 nitrogen and oxygen atoms in total. The Morgan fingerprint density at radius 2 is 1.96 bits per heavy atom. The molecule has 1 aromatic carbocycles. The molecule has 1 saturated heterocycles. The maximum Gasteiger partial charge on any atom is 0.321 e. The highest BCUT2D eigenvalue weighted by molar-refractivity contribution is 7.98. The van der Waals surface area contributed by atoms with E-state index in [2.05, 4.69) is 35.1 Å². The second-order valence-electron chi connectivity index (χ2n) is 7.27. The van der Waals surface area contributed by atoms with Crippen LogP contribution in [0.2, 0.25) is 0 Å². The van der Waals surface area contributed by atoms with E-state index < -0.39 is 0 Å². The fourth-order valence-electron chi connectivity index (χ4n) is 3.18. The van der Waals surface area contributed by atoms with Gasteiger partial charge in [-0.2, -0.15) is 0 Å². The first-order valence-corrected chi connectivity index (χ1v) is 10.5. The highest BCUT2D eigenvalue weighted by Gasteiger charge is 2.21. The molecular weight excluding hydrogens is 356 g/mol. The van der Waals surface area contributed by atoms with E-state index in [1.165, 1.54) is 5.56 Å². The molecule has 2 amide bonds. The number of pyridine rings is 1. The van der Waals surface area contributed by atoms with Crippen molar-refractivity contribution in [1.82, 2.24) is 14.8 Å². The molecule has 1 aliphatic heterocycles. The van der Waals surface area contributed by atoms with E-state index in [-0.39, 0.29) is 6.03 Å². The Hall–Kier alpha value is -2.05. The lowest BCUT2D eigenvalue weighted by Gasteiger charge is -2.35. The first-order chi connectivity index (χ1) is 13.1. The number of hydrogen-bond acceptors (Lipinski definition) is 4. The van der Waals surface area contributed by atoms with E-state index in [1.54, 1.807) is 18.0 Å². The van der Waals surface area contributed by atoms with Crippen LogP contribution in [0.5, 0.6) is 0 Å². The zero-order valence-corrected chi connectivity index (χ0v) is 16.9. The summed E-state index contributed by atoms with van der Waals surface area (Å²) in [5, 5.41) is 4.06. The summed E-state index contributed by atoms with van der Waals surface area (Å²) in [6.45, 7) is 9.04. The molecule has 0 aliphatic carbocycles. The quantitative estimate of drug-likeness (QED) is 0.759. The number of anilines is 1. The van der Waals surface area contributed by atoms with Gasteiger partial charge in [-0.3, -0.25) is 4.90 Å². The molecule has 0 bridgehead atoms. The number of urea groups is 1. The van der Waals surface area contributed by atoms with Gasteiger partial charge in [0.1, 0.15) is 0 Å². The number of carbonyl (C=O) groups is 1. The molecule has 1 aliphatic rings. The van der Waals surface area contributed by atoms with Crippen LogP contribution in [0.15, 0.2) is 53.7 Å². The molecule has 3 rings (SSSR count). The molecule has 1 fully saturated rings. The van der Waals surface area contributed by atoms with Gasteiger partial charge >= 0.3 is 6.03 Å². The van der Waals surface area contributed by atoms with Crippen LogP contribution in [-0.4, -0.2) is 53.5 Å². The smallest absolute Gasteiger partial charge is 0.321 e. The summed E-state index contributed by atoms with van der Waals surface area (Å²) >= 11 is 1.69. The fraction of sp³-hybridized carbons (Fsp3) is 0.429. The molecule has 0 radical (unpaired) electrons. The largest absolute Gasteiger partial charge is 0.322 e. The predicted molar refractivity (Wildman–Crippen MR) is 112 cm³/mol. The van der Waals surface area contributed by atoms with Gasteiger partial charge in [-0.05, 0) is 35.7 Å². The highest BCUT2D eigenvalue weighted by Crippen LogP contribution is 2.22. The van der Waals surface area contributed by atoms with Gasteiger partial charge in [0.25, 0.3) is 0 Å². The van der Waals surface area contributed by atoms with Gasteiger partial charge in [0.05, 0.1) is 5.03 Å². The molecule has 0 atom stereocenters. The summed E-state index contributed by atoms with van der Waals surface area (Å²) < 4.78 is 0. The second kappa shape index (κ2) is 9.76. The molecule has 2 aromatic rings. The summed E-state index contributed by atoms with van der Waals surface area (Å²) in [5.41, 5.74) is 2.02. The Morgan fingerprint density at radius 1 is 1.15 bits per heavy atom. The van der Waals surface area contributed by atoms with E-state index in [1.807, 2.05) is 41.3 Å². The Bertz CT molecular complexity index is 730. The second-order valence-corrected chi connectivity index (χ2v) is 8.26. The van der Waals surface area contributed by atoms with E-state index in [0.29, 0.717) is 5.92 Å². The number of nitrogens with one attached hydrogen (secondary N) is 1. The van der Waals surface area contributed by atoms with E-state index in [9.17, 15) is 4.79 Å². The summed E-state index contributed by atoms with van der Waals surface area (Å²) in [6.07, 6.45) is 1.81. The Morgan fingerprint density at radius 3 is 2.67 bits per heavy atom. The van der Waals surface area contributed by atoms with Crippen molar-refractivity contribution < 1.29 is 4.79 Å². The Labute approximate surface area is 166 Å². The van der Waals surface area contributed by atoms with Crippen molar-refractivity contribution >= 4 is 23.5 Å². The van der Waals surface area contributed by atoms with Gasteiger partial charge in [0.2, 0.25) is 0 Å². The lowest BCUT2D eigenvalue weighted by atomic mass is 10.2. The minimum atomic E-state index is -0.00581. The first-order valence-electron chi connectivity index (χ1n) is 9.51. The van der Waals surface area contributed by atoms with Crippen LogP contribution in [0.3, 0.4) is 0 Å². The molecule has 1 N–H and O–H groups in total. The van der Waals surface area contributed by atoms with Crippen LogP contribution in [0.25, 0.3) is 0 Å². The van der Waals surface area contributed by atoms with Crippen LogP contribution in [0.1, 0.15) is 19.4 Å². The Balaban J connectivity index is 1.50. The summed E-state index contributed by atoms with van der Waals surface area (Å²) in [5.74, 6) is 1.49. The minimum Gasteiger partial charge on any atom is -0.322 e. The SMILES string of the molecule is CC(C)CN1CCN(C(=O)Nc2cccc(CSc3ccccn3)c2)CC1. The summed E-state index contributed by atoms with van der Waals surface area (Å²) in [7, 11) is 0. The number of piperazine rings is 1. The van der Waals surface area contributed by atoms with Crippen LogP contribution in [0, 0.1) is 5.92 Å². The van der Waals surface area contributed by atoms with E-state index in [4.69, 9.17) is 0 Å². The minimum absolute atomic E-state index is 0.00581. The van der Waals surface area contributed by atoms with Crippen LogP contribution < -0.4 is 5.32 Å². The zero-order valence-electron chi connectivity index (χ0n) is 16.1. The zero-order chi connectivity index (χ0) is 19.1. The monoisotopic (exact) mass is 384 g/mol. The van der Waals surface area contributed by atoms with Crippen LogP contribution in [0.4, 0.5) is 10.5 Å². The molecule has 0 spiro atoms. The lowest BCUT2D eigenvalue weighted by molar-refractivity contribution is 0.138. The highest BCUT2D eigenvalue weighted by atomic mass is 32.2. The van der Waals surface area contributed by atoms with E-state index in [0.717, 1.165) is 49.2 Å². The van der Waals surface area contributed by atoms with Gasteiger partial charge in [-0.25, -0.2) is 9.78 Å². The standard InChI is InChI=1S/C21H28N4OS/c1-17(2)15-24-10-12-25(13-11-24)21(26)23-19-7-5-6-18(14-19)16-27-20-8-3-4-9-22-20/h3-9,14,17H,10-13,15-16H2,1-2H3,(H,23,26). The third-order valence-corrected chi connectivity index (χ3v) is 5.50. The molecule has 0 unspecified atom stereocenters. The van der Waals surface area contributed by atoms with E-state index >= 15 is 0 Å². The number of nitrogens with zero attached hydrogens (tertiary/aromatic N) is 3. The fourth-order valence-corrected chi connectivity index (χ4v) is 3.99. The van der Waals surface area contributed by atoms with Crippen LogP contribution in [-0.2, 0) is 5.75 Å². The van der Waals surface area contributed by atoms with Gasteiger partial charge in [-0.15, -0.1) is 11.8 Å². The van der Waals surface area contributed by atoms with Gasteiger partial charge < -0.3 is 10.2 Å². The number of benzene rings is 1. The van der Waals surface area contributed by atoms with Crippen molar-refractivity contribution in [2.24, 2.45) is 5.92 Å². The average molecular weight is 385 g/mol. The maximum atomic E-state index is 12.6. The van der Waals surface area contributed by atoms with Crippen molar-refractivity contribution in [3.63, 3.8) is 0 Å². The molecule has 27 heavy (non-hydrogen) atoms. The molecule has 6 heteroatoms. The third kappa shape index (κ3) is 6.26. The number of amides is 2.